The summed E-state index contributed by atoms with van der Waals surface area (Å²) in [6.07, 6.45) is 4.49. The molecule has 0 amide bonds. The van der Waals surface area contributed by atoms with Gasteiger partial charge in [-0.25, -0.2) is 0 Å². The van der Waals surface area contributed by atoms with Gasteiger partial charge in [-0.15, -0.1) is 0 Å². The fourth-order valence-corrected chi connectivity index (χ4v) is 2.61. The van der Waals surface area contributed by atoms with Gasteiger partial charge in [-0.2, -0.15) is 0 Å². The zero-order valence-corrected chi connectivity index (χ0v) is 9.11. The number of para-hydroxylation sites is 1. The minimum absolute atomic E-state index is 0.203. The fourth-order valence-electron chi connectivity index (χ4n) is 2.61. The summed E-state index contributed by atoms with van der Waals surface area (Å²) in [5, 5.41) is 20.3. The second-order valence-corrected chi connectivity index (χ2v) is 4.65. The molecule has 82 valence electrons. The van der Waals surface area contributed by atoms with E-state index in [1.165, 1.54) is 12.8 Å². The van der Waals surface area contributed by atoms with Gasteiger partial charge in [0.2, 0.25) is 0 Å². The first-order valence-corrected chi connectivity index (χ1v) is 5.63. The average Bonchev–Trinajstić information content (AvgIpc) is 2.71. The smallest absolute Gasteiger partial charge is 0.121 e. The van der Waals surface area contributed by atoms with Gasteiger partial charge in [0.25, 0.3) is 0 Å². The zero-order valence-electron chi connectivity index (χ0n) is 9.11. The molecule has 2 N–H and O–H groups in total. The molecule has 0 saturated heterocycles. The highest BCUT2D eigenvalue weighted by molar-refractivity contribution is 5.36. The third-order valence-electron chi connectivity index (χ3n) is 3.60. The van der Waals surface area contributed by atoms with Crippen molar-refractivity contribution in [1.29, 1.82) is 0 Å². The van der Waals surface area contributed by atoms with Crippen molar-refractivity contribution in [2.24, 2.45) is 5.92 Å². The first kappa shape index (κ1) is 10.5. The van der Waals surface area contributed by atoms with Crippen molar-refractivity contribution in [2.45, 2.75) is 38.2 Å². The number of hydrogen-bond acceptors (Lipinski definition) is 2. The van der Waals surface area contributed by atoms with Crippen LogP contribution in [-0.2, 0) is 5.60 Å². The topological polar surface area (TPSA) is 40.5 Å². The normalized spacial score (nSPS) is 21.5. The highest BCUT2D eigenvalue weighted by Gasteiger charge is 2.36. The lowest BCUT2D eigenvalue weighted by Crippen LogP contribution is -2.30. The lowest BCUT2D eigenvalue weighted by atomic mass is 9.81. The van der Waals surface area contributed by atoms with Crippen LogP contribution in [0.25, 0.3) is 0 Å². The third-order valence-corrected chi connectivity index (χ3v) is 3.60. The molecule has 0 bridgehead atoms. The molecule has 0 aromatic heterocycles. The molecule has 2 rings (SSSR count). The molecule has 1 fully saturated rings. The molecule has 1 atom stereocenters. The quantitative estimate of drug-likeness (QED) is 0.781. The van der Waals surface area contributed by atoms with Crippen molar-refractivity contribution >= 4 is 0 Å². The molecule has 1 unspecified atom stereocenters. The number of aromatic hydroxyl groups is 1. The van der Waals surface area contributed by atoms with Gasteiger partial charge in [-0.1, -0.05) is 31.0 Å². The Labute approximate surface area is 90.6 Å². The Morgan fingerprint density at radius 1 is 1.20 bits per heavy atom. The van der Waals surface area contributed by atoms with Gasteiger partial charge in [0.1, 0.15) is 5.75 Å². The summed E-state index contributed by atoms with van der Waals surface area (Å²) in [4.78, 5) is 0. The molecule has 1 aliphatic rings. The van der Waals surface area contributed by atoms with Crippen LogP contribution in [0.2, 0.25) is 0 Å². The van der Waals surface area contributed by atoms with E-state index >= 15 is 0 Å². The predicted molar refractivity (Wildman–Crippen MR) is 59.6 cm³/mol. The van der Waals surface area contributed by atoms with Crippen LogP contribution in [0.5, 0.6) is 5.75 Å². The van der Waals surface area contributed by atoms with Crippen LogP contribution in [0.15, 0.2) is 24.3 Å². The van der Waals surface area contributed by atoms with Gasteiger partial charge in [0.15, 0.2) is 0 Å². The van der Waals surface area contributed by atoms with Crippen molar-refractivity contribution in [3.05, 3.63) is 29.8 Å². The predicted octanol–water partition coefficient (Wildman–Crippen LogP) is 2.79. The monoisotopic (exact) mass is 206 g/mol. The fraction of sp³-hybridized carbons (Fsp3) is 0.538. The Morgan fingerprint density at radius 3 is 2.40 bits per heavy atom. The molecule has 1 saturated carbocycles. The van der Waals surface area contributed by atoms with Gasteiger partial charge in [-0.3, -0.25) is 0 Å². The highest BCUT2D eigenvalue weighted by atomic mass is 16.3. The van der Waals surface area contributed by atoms with E-state index in [9.17, 15) is 10.2 Å². The average molecular weight is 206 g/mol. The molecule has 2 heteroatoms. The van der Waals surface area contributed by atoms with E-state index in [0.717, 1.165) is 12.8 Å². The molecule has 1 aliphatic carbocycles. The first-order chi connectivity index (χ1) is 7.12. The summed E-state index contributed by atoms with van der Waals surface area (Å²) in [6.45, 7) is 1.82. The van der Waals surface area contributed by atoms with E-state index in [2.05, 4.69) is 0 Å². The largest absolute Gasteiger partial charge is 0.508 e. The molecule has 0 heterocycles. The summed E-state index contributed by atoms with van der Waals surface area (Å²) in [7, 11) is 0. The van der Waals surface area contributed by atoms with Crippen molar-refractivity contribution < 1.29 is 10.2 Å². The van der Waals surface area contributed by atoms with Crippen molar-refractivity contribution in [3.63, 3.8) is 0 Å². The second kappa shape index (κ2) is 3.86. The highest BCUT2D eigenvalue weighted by Crippen LogP contribution is 2.42. The van der Waals surface area contributed by atoms with Crippen LogP contribution >= 0.6 is 0 Å². The SMILES string of the molecule is CC(O)(c1ccccc1O)C1CCCC1. The van der Waals surface area contributed by atoms with E-state index in [1.807, 2.05) is 19.1 Å². The maximum absolute atomic E-state index is 10.5. The number of benzene rings is 1. The molecule has 2 nitrogen and oxygen atoms in total. The summed E-state index contributed by atoms with van der Waals surface area (Å²) >= 11 is 0. The minimum Gasteiger partial charge on any atom is -0.508 e. The number of aliphatic hydroxyl groups is 1. The second-order valence-electron chi connectivity index (χ2n) is 4.65. The van der Waals surface area contributed by atoms with Crippen LogP contribution in [0.4, 0.5) is 0 Å². The van der Waals surface area contributed by atoms with Gasteiger partial charge in [0, 0.05) is 5.56 Å². The minimum atomic E-state index is -0.887. The van der Waals surface area contributed by atoms with Crippen molar-refractivity contribution in [2.75, 3.05) is 0 Å². The summed E-state index contributed by atoms with van der Waals surface area (Å²) in [5.74, 6) is 0.486. The van der Waals surface area contributed by atoms with Crippen LogP contribution < -0.4 is 0 Å². The number of phenolic OH excluding ortho intramolecular Hbond substituents is 1. The molecule has 0 aliphatic heterocycles. The Balaban J connectivity index is 2.31. The van der Waals surface area contributed by atoms with Crippen molar-refractivity contribution in [3.8, 4) is 5.75 Å². The Morgan fingerprint density at radius 2 is 1.80 bits per heavy atom. The molecule has 0 radical (unpaired) electrons. The number of hydrogen-bond donors (Lipinski definition) is 2. The maximum atomic E-state index is 10.5. The number of phenols is 1. The van der Waals surface area contributed by atoms with Gasteiger partial charge in [0.05, 0.1) is 5.60 Å². The maximum Gasteiger partial charge on any atom is 0.121 e. The first-order valence-electron chi connectivity index (χ1n) is 5.63. The van der Waals surface area contributed by atoms with E-state index in [1.54, 1.807) is 12.1 Å². The van der Waals surface area contributed by atoms with Crippen LogP contribution in [0, 0.1) is 5.92 Å². The lowest BCUT2D eigenvalue weighted by Gasteiger charge is -2.31. The molecular formula is C13H18O2. The van der Waals surface area contributed by atoms with Crippen molar-refractivity contribution in [1.82, 2.24) is 0 Å². The Hall–Kier alpha value is -1.02. The van der Waals surface area contributed by atoms with Gasteiger partial charge in [-0.05, 0) is 31.7 Å². The molecule has 15 heavy (non-hydrogen) atoms. The van der Waals surface area contributed by atoms with Gasteiger partial charge < -0.3 is 10.2 Å². The molecular weight excluding hydrogens is 188 g/mol. The Kier molecular flexibility index (Phi) is 2.70. The Bertz CT molecular complexity index is 338. The van der Waals surface area contributed by atoms with Crippen LogP contribution in [0.3, 0.4) is 0 Å². The summed E-state index contributed by atoms with van der Waals surface area (Å²) < 4.78 is 0. The molecule has 1 aromatic rings. The van der Waals surface area contributed by atoms with Gasteiger partial charge >= 0.3 is 0 Å². The van der Waals surface area contributed by atoms with E-state index in [4.69, 9.17) is 0 Å². The van der Waals surface area contributed by atoms with Crippen LogP contribution in [0.1, 0.15) is 38.2 Å². The third kappa shape index (κ3) is 1.86. The van der Waals surface area contributed by atoms with E-state index < -0.39 is 5.60 Å². The standard InChI is InChI=1S/C13H18O2/c1-13(15,10-6-2-3-7-10)11-8-4-5-9-12(11)14/h4-5,8-10,14-15H,2-3,6-7H2,1H3. The van der Waals surface area contributed by atoms with Crippen LogP contribution in [-0.4, -0.2) is 10.2 Å². The lowest BCUT2D eigenvalue weighted by molar-refractivity contribution is -0.00520. The zero-order chi connectivity index (χ0) is 10.9. The van der Waals surface area contributed by atoms with E-state index in [0.29, 0.717) is 5.56 Å². The summed E-state index contributed by atoms with van der Waals surface area (Å²) in [6, 6.07) is 7.09. The van der Waals surface area contributed by atoms with E-state index in [-0.39, 0.29) is 11.7 Å². The number of rotatable bonds is 2. The molecule has 1 aromatic carbocycles. The molecule has 0 spiro atoms. The summed E-state index contributed by atoms with van der Waals surface area (Å²) in [5.41, 5.74) is -0.223.